The number of amides is 1. The van der Waals surface area contributed by atoms with E-state index in [0.717, 1.165) is 18.6 Å². The topological polar surface area (TPSA) is 45.2 Å². The lowest BCUT2D eigenvalue weighted by atomic mass is 10.1. The Bertz CT molecular complexity index is 470. The molecule has 118 valence electrons. The van der Waals surface area contributed by atoms with Crippen LogP contribution < -0.4 is 5.32 Å². The molecular weight excluding hydrogens is 289 g/mol. The molecule has 1 aromatic heterocycles. The van der Waals surface area contributed by atoms with E-state index >= 15 is 0 Å². The Kier molecular flexibility index (Phi) is 7.50. The van der Waals surface area contributed by atoms with E-state index in [4.69, 9.17) is 0 Å². The van der Waals surface area contributed by atoms with E-state index in [9.17, 15) is 9.18 Å². The van der Waals surface area contributed by atoms with E-state index < -0.39 is 5.82 Å². The zero-order chi connectivity index (χ0) is 15.8. The van der Waals surface area contributed by atoms with Crippen LogP contribution in [0.15, 0.2) is 12.3 Å². The largest absolute Gasteiger partial charge is 0.368 e. The molecule has 1 heterocycles. The number of carbonyl (C=O) groups is 1. The number of nitrogens with one attached hydrogen (secondary N) is 1. The Balaban J connectivity index is 2.86. The second-order valence-electron chi connectivity index (χ2n) is 4.99. The normalized spacial score (nSPS) is 12.0. The molecule has 6 heteroatoms. The van der Waals surface area contributed by atoms with Gasteiger partial charge in [0.1, 0.15) is 0 Å². The fraction of sp³-hybridized carbons (Fsp3) is 0.600. The lowest BCUT2D eigenvalue weighted by molar-refractivity contribution is 0.0736. The lowest BCUT2D eigenvalue weighted by Gasteiger charge is -2.25. The molecule has 21 heavy (non-hydrogen) atoms. The average molecular weight is 313 g/mol. The third-order valence-electron chi connectivity index (χ3n) is 3.38. The quantitative estimate of drug-likeness (QED) is 0.800. The van der Waals surface area contributed by atoms with Crippen molar-refractivity contribution in [3.05, 3.63) is 23.6 Å². The maximum atomic E-state index is 14.3. The minimum absolute atomic E-state index is 0.0714. The monoisotopic (exact) mass is 313 g/mol. The molecule has 0 saturated heterocycles. The second kappa shape index (κ2) is 8.87. The van der Waals surface area contributed by atoms with Crippen molar-refractivity contribution < 1.29 is 9.18 Å². The zero-order valence-electron chi connectivity index (χ0n) is 13.1. The van der Waals surface area contributed by atoms with Crippen molar-refractivity contribution in [2.75, 3.05) is 30.9 Å². The molecule has 0 aromatic carbocycles. The van der Waals surface area contributed by atoms with Crippen molar-refractivity contribution >= 4 is 23.5 Å². The number of thioether (sulfide) groups is 1. The van der Waals surface area contributed by atoms with Crippen LogP contribution in [0.2, 0.25) is 0 Å². The number of hydrogen-bond donors (Lipinski definition) is 1. The highest BCUT2D eigenvalue weighted by Gasteiger charge is 2.22. The summed E-state index contributed by atoms with van der Waals surface area (Å²) in [5.74, 6) is 0.247. The van der Waals surface area contributed by atoms with E-state index in [1.165, 1.54) is 12.3 Å². The highest BCUT2D eigenvalue weighted by atomic mass is 32.2. The van der Waals surface area contributed by atoms with Gasteiger partial charge in [0, 0.05) is 25.8 Å². The number of carbonyl (C=O) groups excluding carboxylic acids is 1. The molecule has 0 saturated carbocycles. The SMILES string of the molecule is CCCNc1nccc(C(=O)N(C)C(C)CCSC)c1F. The van der Waals surface area contributed by atoms with Gasteiger partial charge in [0.05, 0.1) is 5.56 Å². The molecule has 4 nitrogen and oxygen atoms in total. The molecule has 0 aliphatic heterocycles. The molecule has 0 radical (unpaired) electrons. The van der Waals surface area contributed by atoms with Crippen molar-refractivity contribution in [1.82, 2.24) is 9.88 Å². The zero-order valence-corrected chi connectivity index (χ0v) is 14.0. The number of pyridine rings is 1. The summed E-state index contributed by atoms with van der Waals surface area (Å²) >= 11 is 1.74. The molecule has 1 rings (SSSR count). The summed E-state index contributed by atoms with van der Waals surface area (Å²) in [5.41, 5.74) is 0.0714. The van der Waals surface area contributed by atoms with Crippen molar-refractivity contribution in [2.24, 2.45) is 0 Å². The van der Waals surface area contributed by atoms with Gasteiger partial charge in [0.25, 0.3) is 5.91 Å². The van der Waals surface area contributed by atoms with Crippen molar-refractivity contribution in [3.63, 3.8) is 0 Å². The summed E-state index contributed by atoms with van der Waals surface area (Å²) in [6, 6.07) is 1.51. The van der Waals surface area contributed by atoms with Gasteiger partial charge in [-0.05, 0) is 37.8 Å². The first-order valence-electron chi connectivity index (χ1n) is 7.17. The fourth-order valence-corrected chi connectivity index (χ4v) is 2.42. The molecule has 0 bridgehead atoms. The fourth-order valence-electron chi connectivity index (χ4n) is 1.85. The number of rotatable bonds is 8. The van der Waals surface area contributed by atoms with Gasteiger partial charge >= 0.3 is 0 Å². The van der Waals surface area contributed by atoms with Gasteiger partial charge in [-0.25, -0.2) is 9.37 Å². The standard InChI is InChI=1S/C15H24FN3OS/c1-5-8-17-14-13(16)12(6-9-18-14)15(20)19(3)11(2)7-10-21-4/h6,9,11H,5,7-8,10H2,1-4H3,(H,17,18). The highest BCUT2D eigenvalue weighted by molar-refractivity contribution is 7.98. The van der Waals surface area contributed by atoms with Gasteiger partial charge in [-0.3, -0.25) is 4.79 Å². The third-order valence-corrected chi connectivity index (χ3v) is 4.03. The molecule has 0 fully saturated rings. The highest BCUT2D eigenvalue weighted by Crippen LogP contribution is 2.18. The maximum absolute atomic E-state index is 14.3. The van der Waals surface area contributed by atoms with Crippen LogP contribution in [-0.2, 0) is 0 Å². The molecular formula is C15H24FN3OS. The molecule has 0 aliphatic rings. The number of hydrogen-bond acceptors (Lipinski definition) is 4. The Morgan fingerprint density at radius 1 is 1.57 bits per heavy atom. The first-order chi connectivity index (χ1) is 10.0. The van der Waals surface area contributed by atoms with Crippen LogP contribution in [0.4, 0.5) is 10.2 Å². The lowest BCUT2D eigenvalue weighted by Crippen LogP contribution is -2.36. The third kappa shape index (κ3) is 4.88. The van der Waals surface area contributed by atoms with Crippen LogP contribution in [0.5, 0.6) is 0 Å². The Hall–Kier alpha value is -1.30. The van der Waals surface area contributed by atoms with Crippen LogP contribution in [0.25, 0.3) is 0 Å². The number of anilines is 1. The summed E-state index contributed by atoms with van der Waals surface area (Å²) in [6.45, 7) is 4.59. The summed E-state index contributed by atoms with van der Waals surface area (Å²) in [7, 11) is 1.71. The van der Waals surface area contributed by atoms with E-state index in [1.54, 1.807) is 23.7 Å². The summed E-state index contributed by atoms with van der Waals surface area (Å²) < 4.78 is 14.3. The maximum Gasteiger partial charge on any atom is 0.257 e. The molecule has 0 spiro atoms. The van der Waals surface area contributed by atoms with Crippen molar-refractivity contribution in [1.29, 1.82) is 0 Å². The van der Waals surface area contributed by atoms with Gasteiger partial charge in [-0.1, -0.05) is 6.92 Å². The molecule has 1 amide bonds. The number of nitrogens with zero attached hydrogens (tertiary/aromatic N) is 2. The first kappa shape index (κ1) is 17.8. The minimum Gasteiger partial charge on any atom is -0.368 e. The Morgan fingerprint density at radius 3 is 2.90 bits per heavy atom. The first-order valence-corrected chi connectivity index (χ1v) is 8.56. The van der Waals surface area contributed by atoms with Crippen LogP contribution >= 0.6 is 11.8 Å². The van der Waals surface area contributed by atoms with Gasteiger partial charge in [-0.15, -0.1) is 0 Å². The van der Waals surface area contributed by atoms with E-state index in [1.807, 2.05) is 20.1 Å². The van der Waals surface area contributed by atoms with Crippen molar-refractivity contribution in [2.45, 2.75) is 32.7 Å². The number of aromatic nitrogens is 1. The van der Waals surface area contributed by atoms with E-state index in [2.05, 4.69) is 10.3 Å². The molecule has 1 N–H and O–H groups in total. The van der Waals surface area contributed by atoms with Crippen LogP contribution in [0.1, 0.15) is 37.0 Å². The smallest absolute Gasteiger partial charge is 0.257 e. The van der Waals surface area contributed by atoms with Crippen molar-refractivity contribution in [3.8, 4) is 0 Å². The van der Waals surface area contributed by atoms with Gasteiger partial charge in [-0.2, -0.15) is 11.8 Å². The van der Waals surface area contributed by atoms with Gasteiger partial charge < -0.3 is 10.2 Å². The average Bonchev–Trinajstić information content (AvgIpc) is 2.50. The van der Waals surface area contributed by atoms with Crippen LogP contribution in [-0.4, -0.2) is 47.4 Å². The Labute approximate surface area is 130 Å². The van der Waals surface area contributed by atoms with Gasteiger partial charge in [0.2, 0.25) is 0 Å². The predicted octanol–water partition coefficient (Wildman–Crippen LogP) is 3.26. The molecule has 0 aliphatic carbocycles. The number of halogens is 1. The second-order valence-corrected chi connectivity index (χ2v) is 5.98. The van der Waals surface area contributed by atoms with Crippen LogP contribution in [0.3, 0.4) is 0 Å². The molecule has 1 aromatic rings. The molecule has 1 atom stereocenters. The van der Waals surface area contributed by atoms with Gasteiger partial charge in [0.15, 0.2) is 11.6 Å². The summed E-state index contributed by atoms with van der Waals surface area (Å²) in [4.78, 5) is 18.0. The van der Waals surface area contributed by atoms with E-state index in [0.29, 0.717) is 6.54 Å². The predicted molar refractivity (Wildman–Crippen MR) is 87.5 cm³/mol. The minimum atomic E-state index is -0.570. The summed E-state index contributed by atoms with van der Waals surface area (Å²) in [5, 5.41) is 2.90. The van der Waals surface area contributed by atoms with E-state index in [-0.39, 0.29) is 23.3 Å². The molecule has 1 unspecified atom stereocenters. The summed E-state index contributed by atoms with van der Waals surface area (Å²) in [6.07, 6.45) is 5.25. The Morgan fingerprint density at radius 2 is 2.29 bits per heavy atom. The van der Waals surface area contributed by atoms with Crippen LogP contribution in [0, 0.1) is 5.82 Å².